The number of carboxylic acid groups (broad SMARTS) is 2. The van der Waals surface area contributed by atoms with Crippen LogP contribution in [-0.4, -0.2) is 38.6 Å². The zero-order chi connectivity index (χ0) is 10.6. The fraction of sp³-hybridized carbons (Fsp3) is 0.143. The highest BCUT2D eigenvalue weighted by Gasteiger charge is 2.23. The predicted molar refractivity (Wildman–Crippen MR) is 45.5 cm³/mol. The van der Waals surface area contributed by atoms with Crippen molar-refractivity contribution in [1.82, 2.24) is 10.2 Å². The molecule has 1 heterocycles. The Bertz CT molecular complexity index is 343. The number of hydrogen-bond acceptors (Lipinski definition) is 4. The first-order valence-electron chi connectivity index (χ1n) is 3.60. The fourth-order valence-electron chi connectivity index (χ4n) is 0.708. The van der Waals surface area contributed by atoms with Gasteiger partial charge in [0.25, 0.3) is 0 Å². The van der Waals surface area contributed by atoms with E-state index in [0.29, 0.717) is 5.82 Å². The minimum absolute atomic E-state index is 0.303. The minimum atomic E-state index is -1.64. The highest BCUT2D eigenvalue weighted by molar-refractivity contribution is 6.08. The molecule has 1 rings (SSSR count). The summed E-state index contributed by atoms with van der Waals surface area (Å²) in [5.74, 6) is -4.25. The van der Waals surface area contributed by atoms with Crippen molar-refractivity contribution in [1.29, 1.82) is 0 Å². The third kappa shape index (κ3) is 2.41. The summed E-state index contributed by atoms with van der Waals surface area (Å²) in [7, 11) is 0. The van der Waals surface area contributed by atoms with E-state index in [1.54, 1.807) is 0 Å². The Morgan fingerprint density at radius 3 is 2.57 bits per heavy atom. The van der Waals surface area contributed by atoms with E-state index < -0.39 is 17.9 Å². The standard InChI is InChI=1S/C7H7N3O4/c11-6(12)4(7(13)14)3-8-5-1-2-9-10-5/h1-4H,(H,9,10)(H,11,12)(H,13,14). The number of nitrogens with zero attached hydrogens (tertiary/aromatic N) is 2. The Kier molecular flexibility index (Phi) is 2.95. The minimum Gasteiger partial charge on any atom is -0.480 e. The average molecular weight is 197 g/mol. The number of nitrogens with one attached hydrogen (secondary N) is 1. The van der Waals surface area contributed by atoms with Crippen LogP contribution in [0.4, 0.5) is 5.82 Å². The summed E-state index contributed by atoms with van der Waals surface area (Å²) in [5.41, 5.74) is 0. The van der Waals surface area contributed by atoms with Crippen LogP contribution < -0.4 is 0 Å². The molecule has 0 saturated heterocycles. The summed E-state index contributed by atoms with van der Waals surface area (Å²) in [6.45, 7) is 0. The second-order valence-corrected chi connectivity index (χ2v) is 2.37. The molecule has 0 spiro atoms. The lowest BCUT2D eigenvalue weighted by molar-refractivity contribution is -0.150. The van der Waals surface area contributed by atoms with Crippen molar-refractivity contribution in [2.24, 2.45) is 10.9 Å². The Morgan fingerprint density at radius 1 is 1.50 bits per heavy atom. The van der Waals surface area contributed by atoms with Crippen LogP contribution in [0.25, 0.3) is 0 Å². The number of hydrogen-bond donors (Lipinski definition) is 3. The molecule has 7 heteroatoms. The van der Waals surface area contributed by atoms with Gasteiger partial charge in [0.05, 0.1) is 6.20 Å². The summed E-state index contributed by atoms with van der Waals surface area (Å²) in [6.07, 6.45) is 2.25. The number of aromatic nitrogens is 2. The Balaban J connectivity index is 2.74. The number of rotatable bonds is 4. The van der Waals surface area contributed by atoms with Gasteiger partial charge in [0, 0.05) is 12.3 Å². The quantitative estimate of drug-likeness (QED) is 0.460. The molecule has 14 heavy (non-hydrogen) atoms. The number of H-pyrrole nitrogens is 1. The van der Waals surface area contributed by atoms with Crippen molar-refractivity contribution in [3.63, 3.8) is 0 Å². The molecule has 0 fully saturated rings. The van der Waals surface area contributed by atoms with Crippen molar-refractivity contribution < 1.29 is 19.8 Å². The van der Waals surface area contributed by atoms with Gasteiger partial charge in [-0.2, -0.15) is 5.10 Å². The van der Waals surface area contributed by atoms with Gasteiger partial charge >= 0.3 is 11.9 Å². The molecule has 0 unspecified atom stereocenters. The fourth-order valence-corrected chi connectivity index (χ4v) is 0.708. The smallest absolute Gasteiger partial charge is 0.323 e. The van der Waals surface area contributed by atoms with Gasteiger partial charge in [0.2, 0.25) is 0 Å². The molecule has 74 valence electrons. The van der Waals surface area contributed by atoms with Crippen molar-refractivity contribution in [2.45, 2.75) is 0 Å². The van der Waals surface area contributed by atoms with Crippen LogP contribution >= 0.6 is 0 Å². The first kappa shape index (κ1) is 9.90. The maximum atomic E-state index is 10.4. The number of aromatic amines is 1. The predicted octanol–water partition coefficient (Wildman–Crippen LogP) is -0.103. The third-order valence-corrected chi connectivity index (χ3v) is 1.38. The summed E-state index contributed by atoms with van der Waals surface area (Å²) in [4.78, 5) is 24.4. The van der Waals surface area contributed by atoms with Gasteiger partial charge in [0.1, 0.15) is 5.82 Å². The molecule has 0 atom stereocenters. The molecule has 1 aromatic heterocycles. The Hall–Kier alpha value is -2.18. The monoisotopic (exact) mass is 197 g/mol. The van der Waals surface area contributed by atoms with Gasteiger partial charge < -0.3 is 10.2 Å². The lowest BCUT2D eigenvalue weighted by Gasteiger charge is -1.97. The first-order valence-corrected chi connectivity index (χ1v) is 3.60. The van der Waals surface area contributed by atoms with Crippen LogP contribution in [0.15, 0.2) is 17.3 Å². The second-order valence-electron chi connectivity index (χ2n) is 2.37. The molecule has 7 nitrogen and oxygen atoms in total. The van der Waals surface area contributed by atoms with E-state index in [2.05, 4.69) is 15.2 Å². The van der Waals surface area contributed by atoms with Crippen LogP contribution in [-0.2, 0) is 9.59 Å². The molecule has 0 bridgehead atoms. The van der Waals surface area contributed by atoms with E-state index in [4.69, 9.17) is 10.2 Å². The van der Waals surface area contributed by atoms with Crippen molar-refractivity contribution in [3.05, 3.63) is 12.3 Å². The Labute approximate surface area is 78.1 Å². The van der Waals surface area contributed by atoms with Gasteiger partial charge in [0.15, 0.2) is 5.92 Å². The first-order chi connectivity index (χ1) is 6.61. The van der Waals surface area contributed by atoms with Crippen molar-refractivity contribution >= 4 is 24.0 Å². The molecule has 0 radical (unpaired) electrons. The summed E-state index contributed by atoms with van der Waals surface area (Å²) >= 11 is 0. The maximum Gasteiger partial charge on any atom is 0.323 e. The molecule has 0 aliphatic rings. The van der Waals surface area contributed by atoms with Crippen LogP contribution in [0.1, 0.15) is 0 Å². The SMILES string of the molecule is O=C(O)C(C=Nc1ccn[nH]1)C(=O)O. The molecule has 0 amide bonds. The molecular formula is C7H7N3O4. The highest BCUT2D eigenvalue weighted by Crippen LogP contribution is 2.04. The van der Waals surface area contributed by atoms with Crippen molar-refractivity contribution in [3.8, 4) is 0 Å². The molecular weight excluding hydrogens is 190 g/mol. The number of aliphatic carboxylic acids is 2. The Morgan fingerprint density at radius 2 is 2.14 bits per heavy atom. The summed E-state index contributed by atoms with van der Waals surface area (Å²) in [6, 6.07) is 1.48. The average Bonchev–Trinajstić information content (AvgIpc) is 2.55. The summed E-state index contributed by atoms with van der Waals surface area (Å²) in [5, 5.41) is 22.9. The highest BCUT2D eigenvalue weighted by atomic mass is 16.4. The number of carbonyl (C=O) groups is 2. The van der Waals surface area contributed by atoms with Gasteiger partial charge in [-0.25, -0.2) is 4.99 Å². The molecule has 0 aliphatic heterocycles. The molecule has 0 aliphatic carbocycles. The van der Waals surface area contributed by atoms with Crippen LogP contribution in [0.5, 0.6) is 0 Å². The zero-order valence-corrected chi connectivity index (χ0v) is 6.91. The second kappa shape index (κ2) is 4.17. The van der Waals surface area contributed by atoms with E-state index in [0.717, 1.165) is 6.21 Å². The molecule has 3 N–H and O–H groups in total. The largest absolute Gasteiger partial charge is 0.480 e. The lowest BCUT2D eigenvalue weighted by atomic mass is 10.2. The van der Waals surface area contributed by atoms with E-state index in [9.17, 15) is 9.59 Å². The van der Waals surface area contributed by atoms with Crippen LogP contribution in [0.2, 0.25) is 0 Å². The van der Waals surface area contributed by atoms with E-state index in [1.165, 1.54) is 12.3 Å². The zero-order valence-electron chi connectivity index (χ0n) is 6.91. The lowest BCUT2D eigenvalue weighted by Crippen LogP contribution is -2.24. The van der Waals surface area contributed by atoms with E-state index in [1.807, 2.05) is 0 Å². The summed E-state index contributed by atoms with van der Waals surface area (Å²) < 4.78 is 0. The van der Waals surface area contributed by atoms with E-state index in [-0.39, 0.29) is 0 Å². The van der Waals surface area contributed by atoms with Crippen LogP contribution in [0, 0.1) is 5.92 Å². The topological polar surface area (TPSA) is 116 Å². The van der Waals surface area contributed by atoms with E-state index >= 15 is 0 Å². The maximum absolute atomic E-state index is 10.4. The van der Waals surface area contributed by atoms with Gasteiger partial charge in [-0.3, -0.25) is 14.7 Å². The molecule has 0 saturated carbocycles. The van der Waals surface area contributed by atoms with Gasteiger partial charge in [-0.05, 0) is 0 Å². The van der Waals surface area contributed by atoms with Gasteiger partial charge in [-0.15, -0.1) is 0 Å². The molecule has 1 aromatic rings. The number of carboxylic acids is 2. The van der Waals surface area contributed by atoms with Crippen molar-refractivity contribution in [2.75, 3.05) is 0 Å². The number of aliphatic imine (C=N–C) groups is 1. The third-order valence-electron chi connectivity index (χ3n) is 1.38. The molecule has 0 aromatic carbocycles. The normalized spacial score (nSPS) is 10.9. The van der Waals surface area contributed by atoms with Gasteiger partial charge in [-0.1, -0.05) is 0 Å². The van der Waals surface area contributed by atoms with Crippen LogP contribution in [0.3, 0.4) is 0 Å².